The van der Waals surface area contributed by atoms with Crippen molar-refractivity contribution < 1.29 is 19.1 Å². The van der Waals surface area contributed by atoms with E-state index in [0.717, 1.165) is 28.1 Å². The molecule has 1 aliphatic rings. The van der Waals surface area contributed by atoms with Crippen LogP contribution in [0.2, 0.25) is 0 Å². The zero-order valence-corrected chi connectivity index (χ0v) is 14.4. The topological polar surface area (TPSA) is 80.4 Å². The standard InChI is InChI=1S/C19H20N2O4/c1-11-14(8-12-10-20-16-7-5-4-6-13(12)16)15(9-17(22)24-2)18(21-11)19(23)25-3/h4-8,20-21H,9-10H2,1-3H3/b12-8-. The predicted molar refractivity (Wildman–Crippen MR) is 95.4 cm³/mol. The summed E-state index contributed by atoms with van der Waals surface area (Å²) in [6.45, 7) is 2.56. The smallest absolute Gasteiger partial charge is 0.354 e. The molecule has 0 bridgehead atoms. The lowest BCUT2D eigenvalue weighted by molar-refractivity contribution is -0.139. The lowest BCUT2D eigenvalue weighted by Gasteiger charge is -2.05. The third-order valence-electron chi connectivity index (χ3n) is 4.34. The minimum absolute atomic E-state index is 0.000534. The monoisotopic (exact) mass is 340 g/mol. The number of aromatic nitrogens is 1. The summed E-state index contributed by atoms with van der Waals surface area (Å²) in [6, 6.07) is 8.03. The van der Waals surface area contributed by atoms with E-state index in [-0.39, 0.29) is 12.1 Å². The Morgan fingerprint density at radius 2 is 1.96 bits per heavy atom. The van der Waals surface area contributed by atoms with Crippen molar-refractivity contribution in [1.29, 1.82) is 0 Å². The van der Waals surface area contributed by atoms with Gasteiger partial charge in [0.1, 0.15) is 5.69 Å². The first-order chi connectivity index (χ1) is 12.0. The Hall–Kier alpha value is -3.02. The molecule has 2 aromatic rings. The highest BCUT2D eigenvalue weighted by atomic mass is 16.5. The third kappa shape index (κ3) is 3.15. The summed E-state index contributed by atoms with van der Waals surface area (Å²) in [6.07, 6.45) is 2.01. The molecule has 0 atom stereocenters. The van der Waals surface area contributed by atoms with Gasteiger partial charge in [0.2, 0.25) is 0 Å². The third-order valence-corrected chi connectivity index (χ3v) is 4.34. The fourth-order valence-electron chi connectivity index (χ4n) is 3.07. The number of anilines is 1. The summed E-state index contributed by atoms with van der Waals surface area (Å²) < 4.78 is 9.61. The van der Waals surface area contributed by atoms with Gasteiger partial charge < -0.3 is 19.8 Å². The molecule has 25 heavy (non-hydrogen) atoms. The summed E-state index contributed by atoms with van der Waals surface area (Å²) in [4.78, 5) is 26.9. The number of aryl methyl sites for hydroxylation is 1. The molecule has 2 N–H and O–H groups in total. The van der Waals surface area contributed by atoms with Gasteiger partial charge in [-0.3, -0.25) is 4.79 Å². The molecule has 6 nitrogen and oxygen atoms in total. The first-order valence-corrected chi connectivity index (χ1v) is 7.95. The second-order valence-corrected chi connectivity index (χ2v) is 5.83. The highest BCUT2D eigenvalue weighted by Gasteiger charge is 2.24. The van der Waals surface area contributed by atoms with E-state index in [0.29, 0.717) is 12.1 Å². The van der Waals surface area contributed by atoms with Gasteiger partial charge in [0, 0.05) is 29.1 Å². The first kappa shape index (κ1) is 16.8. The molecule has 0 unspecified atom stereocenters. The van der Waals surface area contributed by atoms with E-state index in [1.54, 1.807) is 0 Å². The molecule has 2 heterocycles. The Bertz CT molecular complexity index is 864. The zero-order chi connectivity index (χ0) is 18.0. The molecule has 3 rings (SSSR count). The van der Waals surface area contributed by atoms with Gasteiger partial charge >= 0.3 is 11.9 Å². The molecular weight excluding hydrogens is 320 g/mol. The number of aromatic amines is 1. The number of fused-ring (bicyclic) bond motifs is 1. The number of para-hydroxylation sites is 1. The van der Waals surface area contributed by atoms with Crippen LogP contribution in [0.5, 0.6) is 0 Å². The number of esters is 2. The molecule has 0 aliphatic carbocycles. The maximum atomic E-state index is 12.1. The molecular formula is C19H20N2O4. The van der Waals surface area contributed by atoms with Crippen LogP contribution in [0.4, 0.5) is 5.69 Å². The van der Waals surface area contributed by atoms with Crippen LogP contribution in [0.1, 0.15) is 32.9 Å². The predicted octanol–water partition coefficient (Wildman–Crippen LogP) is 2.79. The van der Waals surface area contributed by atoms with Gasteiger partial charge in [-0.2, -0.15) is 0 Å². The van der Waals surface area contributed by atoms with Gasteiger partial charge in [0.15, 0.2) is 0 Å². The van der Waals surface area contributed by atoms with Crippen LogP contribution >= 0.6 is 0 Å². The summed E-state index contributed by atoms with van der Waals surface area (Å²) in [5.41, 5.74) is 5.79. The Morgan fingerprint density at radius 1 is 1.20 bits per heavy atom. The van der Waals surface area contributed by atoms with Crippen LogP contribution in [0.15, 0.2) is 24.3 Å². The van der Waals surface area contributed by atoms with Crippen molar-refractivity contribution in [2.75, 3.05) is 26.1 Å². The van der Waals surface area contributed by atoms with Crippen molar-refractivity contribution >= 4 is 29.3 Å². The van der Waals surface area contributed by atoms with Crippen LogP contribution in [-0.2, 0) is 20.7 Å². The fraction of sp³-hybridized carbons (Fsp3) is 0.263. The number of hydrogen-bond acceptors (Lipinski definition) is 5. The largest absolute Gasteiger partial charge is 0.469 e. The number of nitrogens with one attached hydrogen (secondary N) is 2. The van der Waals surface area contributed by atoms with Crippen LogP contribution in [0, 0.1) is 6.92 Å². The van der Waals surface area contributed by atoms with E-state index in [4.69, 9.17) is 9.47 Å². The molecule has 0 fully saturated rings. The van der Waals surface area contributed by atoms with Crippen molar-refractivity contribution in [3.8, 4) is 0 Å². The maximum Gasteiger partial charge on any atom is 0.354 e. The summed E-state index contributed by atoms with van der Waals surface area (Å²) >= 11 is 0. The molecule has 1 aromatic heterocycles. The molecule has 0 saturated carbocycles. The number of carbonyl (C=O) groups is 2. The van der Waals surface area contributed by atoms with Crippen LogP contribution in [0.25, 0.3) is 11.6 Å². The summed E-state index contributed by atoms with van der Waals surface area (Å²) in [5.74, 6) is -0.912. The molecule has 1 aromatic carbocycles. The normalized spacial score (nSPS) is 14.1. The number of hydrogen-bond donors (Lipinski definition) is 2. The Morgan fingerprint density at radius 3 is 2.68 bits per heavy atom. The Balaban J connectivity index is 2.10. The second-order valence-electron chi connectivity index (χ2n) is 5.83. The van der Waals surface area contributed by atoms with E-state index in [2.05, 4.69) is 10.3 Å². The minimum Gasteiger partial charge on any atom is -0.469 e. The van der Waals surface area contributed by atoms with Gasteiger partial charge in [-0.15, -0.1) is 0 Å². The van der Waals surface area contributed by atoms with Gasteiger partial charge in [-0.1, -0.05) is 18.2 Å². The van der Waals surface area contributed by atoms with E-state index >= 15 is 0 Å². The molecule has 1 aliphatic heterocycles. The van der Waals surface area contributed by atoms with Gasteiger partial charge in [0.05, 0.1) is 20.6 Å². The first-order valence-electron chi connectivity index (χ1n) is 7.95. The Kier molecular flexibility index (Phi) is 4.61. The molecule has 0 amide bonds. The average molecular weight is 340 g/mol. The number of carbonyl (C=O) groups excluding carboxylic acids is 2. The van der Waals surface area contributed by atoms with Gasteiger partial charge in [-0.05, 0) is 30.2 Å². The minimum atomic E-state index is -0.503. The lowest BCUT2D eigenvalue weighted by Crippen LogP contribution is -2.11. The van der Waals surface area contributed by atoms with E-state index in [9.17, 15) is 9.59 Å². The van der Waals surface area contributed by atoms with Gasteiger partial charge in [0.25, 0.3) is 0 Å². The molecule has 130 valence electrons. The van der Waals surface area contributed by atoms with E-state index in [1.807, 2.05) is 37.3 Å². The number of H-pyrrole nitrogens is 1. The highest BCUT2D eigenvalue weighted by molar-refractivity contribution is 5.97. The van der Waals surface area contributed by atoms with Crippen molar-refractivity contribution in [3.63, 3.8) is 0 Å². The SMILES string of the molecule is COC(=O)Cc1c(C(=O)OC)[nH]c(C)c1/C=C1/CNc2ccccc21. The highest BCUT2D eigenvalue weighted by Crippen LogP contribution is 2.33. The van der Waals surface area contributed by atoms with Crippen LogP contribution in [0.3, 0.4) is 0 Å². The second kappa shape index (κ2) is 6.84. The Labute approximate surface area is 145 Å². The molecule has 6 heteroatoms. The van der Waals surface area contributed by atoms with Crippen molar-refractivity contribution in [2.24, 2.45) is 0 Å². The summed E-state index contributed by atoms with van der Waals surface area (Å²) in [5, 5.41) is 3.34. The van der Waals surface area contributed by atoms with Crippen molar-refractivity contribution in [1.82, 2.24) is 4.98 Å². The van der Waals surface area contributed by atoms with Gasteiger partial charge in [-0.25, -0.2) is 4.79 Å². The number of rotatable bonds is 4. The molecule has 0 saturated heterocycles. The molecule has 0 spiro atoms. The van der Waals surface area contributed by atoms with Crippen molar-refractivity contribution in [2.45, 2.75) is 13.3 Å². The zero-order valence-electron chi connectivity index (χ0n) is 14.4. The number of ether oxygens (including phenoxy) is 2. The van der Waals surface area contributed by atoms with E-state index in [1.165, 1.54) is 14.2 Å². The number of methoxy groups -OCH3 is 2. The summed E-state index contributed by atoms with van der Waals surface area (Å²) in [7, 11) is 2.64. The van der Waals surface area contributed by atoms with Crippen LogP contribution < -0.4 is 5.32 Å². The van der Waals surface area contributed by atoms with Crippen molar-refractivity contribution in [3.05, 3.63) is 52.3 Å². The lowest BCUT2D eigenvalue weighted by atomic mass is 10.00. The maximum absolute atomic E-state index is 12.1. The molecule has 0 radical (unpaired) electrons. The van der Waals surface area contributed by atoms with E-state index < -0.39 is 11.9 Å². The quantitative estimate of drug-likeness (QED) is 0.837. The van der Waals surface area contributed by atoms with Crippen LogP contribution in [-0.4, -0.2) is 37.7 Å². The average Bonchev–Trinajstić information content (AvgIpc) is 3.17. The fourth-order valence-corrected chi connectivity index (χ4v) is 3.07. The number of benzene rings is 1.